The molecule has 1 rings (SSSR count). The molecule has 0 radical (unpaired) electrons. The molecule has 1 amide bonds. The van der Waals surface area contributed by atoms with Crippen molar-refractivity contribution in [2.75, 3.05) is 19.8 Å². The van der Waals surface area contributed by atoms with Crippen molar-refractivity contribution in [1.82, 2.24) is 5.32 Å². The van der Waals surface area contributed by atoms with E-state index in [1.54, 1.807) is 18.2 Å². The van der Waals surface area contributed by atoms with Crippen LogP contribution in [0.5, 0.6) is 11.5 Å². The van der Waals surface area contributed by atoms with Gasteiger partial charge in [-0.2, -0.15) is 0 Å². The van der Waals surface area contributed by atoms with Gasteiger partial charge in [-0.25, -0.2) is 0 Å². The molecule has 0 aliphatic rings. The van der Waals surface area contributed by atoms with Gasteiger partial charge in [0.25, 0.3) is 5.91 Å². The summed E-state index contributed by atoms with van der Waals surface area (Å²) >= 11 is 0. The van der Waals surface area contributed by atoms with Gasteiger partial charge in [0.15, 0.2) is 11.5 Å². The van der Waals surface area contributed by atoms with Gasteiger partial charge in [-0.05, 0) is 44.4 Å². The Morgan fingerprint density at radius 3 is 2.48 bits per heavy atom. The number of nitrogens with one attached hydrogen (secondary N) is 1. The number of rotatable bonds is 9. The van der Waals surface area contributed by atoms with Gasteiger partial charge in [0.1, 0.15) is 0 Å². The first kappa shape index (κ1) is 19.3. The first-order valence-corrected chi connectivity index (χ1v) is 8.30. The maximum Gasteiger partial charge on any atom is 0.251 e. The molecule has 0 saturated carbocycles. The molecule has 0 bridgehead atoms. The van der Waals surface area contributed by atoms with Gasteiger partial charge in [0.2, 0.25) is 0 Å². The summed E-state index contributed by atoms with van der Waals surface area (Å²) in [6.07, 6.45) is 0.914. The molecule has 1 unspecified atom stereocenters. The van der Waals surface area contributed by atoms with Crippen molar-refractivity contribution in [2.24, 2.45) is 11.7 Å². The van der Waals surface area contributed by atoms with Gasteiger partial charge in [0.05, 0.1) is 18.8 Å². The van der Waals surface area contributed by atoms with Crippen LogP contribution in [0.25, 0.3) is 0 Å². The summed E-state index contributed by atoms with van der Waals surface area (Å²) in [6.45, 7) is 11.5. The molecule has 130 valence electrons. The van der Waals surface area contributed by atoms with Crippen molar-refractivity contribution in [3.8, 4) is 11.5 Å². The van der Waals surface area contributed by atoms with Gasteiger partial charge in [-0.3, -0.25) is 4.79 Å². The van der Waals surface area contributed by atoms with E-state index in [1.165, 1.54) is 0 Å². The molecule has 5 heteroatoms. The van der Waals surface area contributed by atoms with Crippen molar-refractivity contribution in [2.45, 2.75) is 46.6 Å². The molecule has 0 aromatic heterocycles. The third-order valence-corrected chi connectivity index (χ3v) is 4.06. The van der Waals surface area contributed by atoms with E-state index in [1.807, 2.05) is 34.6 Å². The summed E-state index contributed by atoms with van der Waals surface area (Å²) in [4.78, 5) is 12.5. The minimum atomic E-state index is -0.444. The normalized spacial score (nSPS) is 13.5. The minimum Gasteiger partial charge on any atom is -0.490 e. The molecule has 0 spiro atoms. The molecule has 0 saturated heterocycles. The number of hydrogen-bond donors (Lipinski definition) is 2. The van der Waals surface area contributed by atoms with Crippen LogP contribution in [0.3, 0.4) is 0 Å². The van der Waals surface area contributed by atoms with Crippen LogP contribution in [0, 0.1) is 5.92 Å². The molecule has 1 aromatic rings. The molecular formula is C18H30N2O3. The van der Waals surface area contributed by atoms with Crippen LogP contribution in [0.1, 0.15) is 51.4 Å². The summed E-state index contributed by atoms with van der Waals surface area (Å²) in [7, 11) is 0. The minimum absolute atomic E-state index is 0.158. The zero-order chi connectivity index (χ0) is 17.5. The lowest BCUT2D eigenvalue weighted by atomic mass is 9.88. The molecule has 5 nitrogen and oxygen atoms in total. The van der Waals surface area contributed by atoms with Crippen molar-refractivity contribution in [1.29, 1.82) is 0 Å². The average molecular weight is 322 g/mol. The molecule has 23 heavy (non-hydrogen) atoms. The predicted octanol–water partition coefficient (Wildman–Crippen LogP) is 2.98. The van der Waals surface area contributed by atoms with Gasteiger partial charge in [-0.1, -0.05) is 20.8 Å². The quantitative estimate of drug-likeness (QED) is 0.733. The van der Waals surface area contributed by atoms with Crippen molar-refractivity contribution >= 4 is 5.91 Å². The smallest absolute Gasteiger partial charge is 0.251 e. The maximum atomic E-state index is 12.5. The van der Waals surface area contributed by atoms with E-state index in [-0.39, 0.29) is 11.8 Å². The van der Waals surface area contributed by atoms with Gasteiger partial charge in [0, 0.05) is 12.1 Å². The predicted molar refractivity (Wildman–Crippen MR) is 93.2 cm³/mol. The molecule has 0 fully saturated rings. The summed E-state index contributed by atoms with van der Waals surface area (Å²) in [5.41, 5.74) is 5.93. The molecule has 1 aromatic carbocycles. The first-order chi connectivity index (χ1) is 10.9. The van der Waals surface area contributed by atoms with Crippen LogP contribution in [-0.4, -0.2) is 31.2 Å². The van der Waals surface area contributed by atoms with E-state index in [2.05, 4.69) is 5.32 Å². The lowest BCUT2D eigenvalue weighted by Gasteiger charge is -2.33. The number of amides is 1. The largest absolute Gasteiger partial charge is 0.490 e. The number of ether oxygens (including phenoxy) is 2. The Hall–Kier alpha value is -1.75. The van der Waals surface area contributed by atoms with Gasteiger partial charge in [-0.15, -0.1) is 0 Å². The standard InChI is InChI=1S/C18H30N2O3/c1-6-10-23-15-9-8-14(11-16(15)22-7-2)17(21)20-18(5,12-19)13(3)4/h8-9,11,13H,6-7,10,12,19H2,1-5H3,(H,20,21). The van der Waals surface area contributed by atoms with Crippen LogP contribution in [0.4, 0.5) is 0 Å². The lowest BCUT2D eigenvalue weighted by Crippen LogP contribution is -2.55. The van der Waals surface area contributed by atoms with E-state index < -0.39 is 5.54 Å². The number of nitrogens with two attached hydrogens (primary N) is 1. The zero-order valence-electron chi connectivity index (χ0n) is 14.9. The van der Waals surface area contributed by atoms with Gasteiger partial charge < -0.3 is 20.5 Å². The number of hydrogen-bond acceptors (Lipinski definition) is 4. The molecule has 0 aliphatic heterocycles. The third kappa shape index (κ3) is 5.13. The Kier molecular flexibility index (Phi) is 7.36. The number of carbonyl (C=O) groups is 1. The van der Waals surface area contributed by atoms with Crippen LogP contribution in [0.2, 0.25) is 0 Å². The lowest BCUT2D eigenvalue weighted by molar-refractivity contribution is 0.0882. The van der Waals surface area contributed by atoms with E-state index in [9.17, 15) is 4.79 Å². The average Bonchev–Trinajstić information content (AvgIpc) is 2.53. The summed E-state index contributed by atoms with van der Waals surface area (Å²) in [5, 5.41) is 3.03. The maximum absolute atomic E-state index is 12.5. The Labute approximate surface area is 139 Å². The van der Waals surface area contributed by atoms with E-state index >= 15 is 0 Å². The van der Waals surface area contributed by atoms with Crippen LogP contribution in [-0.2, 0) is 0 Å². The summed E-state index contributed by atoms with van der Waals surface area (Å²) in [5.74, 6) is 1.33. The topological polar surface area (TPSA) is 73.6 Å². The second-order valence-corrected chi connectivity index (χ2v) is 6.17. The SMILES string of the molecule is CCCOc1ccc(C(=O)NC(C)(CN)C(C)C)cc1OCC. The highest BCUT2D eigenvalue weighted by atomic mass is 16.5. The summed E-state index contributed by atoms with van der Waals surface area (Å²) in [6, 6.07) is 5.26. The van der Waals surface area contributed by atoms with E-state index in [0.717, 1.165) is 6.42 Å². The highest BCUT2D eigenvalue weighted by Gasteiger charge is 2.29. The number of carbonyl (C=O) groups excluding carboxylic acids is 1. The Morgan fingerprint density at radius 1 is 1.26 bits per heavy atom. The van der Waals surface area contributed by atoms with E-state index in [4.69, 9.17) is 15.2 Å². The highest BCUT2D eigenvalue weighted by molar-refractivity contribution is 5.95. The Morgan fingerprint density at radius 2 is 1.96 bits per heavy atom. The Bertz CT molecular complexity index is 517. The fraction of sp³-hybridized carbons (Fsp3) is 0.611. The molecule has 0 aliphatic carbocycles. The third-order valence-electron chi connectivity index (χ3n) is 4.06. The molecule has 0 heterocycles. The fourth-order valence-electron chi connectivity index (χ4n) is 2.01. The fourth-order valence-corrected chi connectivity index (χ4v) is 2.01. The van der Waals surface area contributed by atoms with Crippen LogP contribution < -0.4 is 20.5 Å². The molecule has 3 N–H and O–H groups in total. The molecular weight excluding hydrogens is 292 g/mol. The summed E-state index contributed by atoms with van der Waals surface area (Å²) < 4.78 is 11.3. The van der Waals surface area contributed by atoms with E-state index in [0.29, 0.717) is 36.8 Å². The second kappa shape index (κ2) is 8.77. The zero-order valence-corrected chi connectivity index (χ0v) is 14.9. The van der Waals surface area contributed by atoms with Crippen molar-refractivity contribution in [3.63, 3.8) is 0 Å². The van der Waals surface area contributed by atoms with Crippen LogP contribution in [0.15, 0.2) is 18.2 Å². The van der Waals surface area contributed by atoms with Gasteiger partial charge >= 0.3 is 0 Å². The van der Waals surface area contributed by atoms with Crippen molar-refractivity contribution in [3.05, 3.63) is 23.8 Å². The first-order valence-electron chi connectivity index (χ1n) is 8.30. The Balaban J connectivity index is 2.99. The molecule has 1 atom stereocenters. The second-order valence-electron chi connectivity index (χ2n) is 6.17. The number of benzene rings is 1. The van der Waals surface area contributed by atoms with Crippen LogP contribution >= 0.6 is 0 Å². The highest BCUT2D eigenvalue weighted by Crippen LogP contribution is 2.29. The van der Waals surface area contributed by atoms with Crippen molar-refractivity contribution < 1.29 is 14.3 Å². The monoisotopic (exact) mass is 322 g/mol.